The third-order valence-corrected chi connectivity index (χ3v) is 5.28. The molecule has 0 fully saturated rings. The molecule has 3 aromatic rings. The molecule has 8 heteroatoms. The fourth-order valence-corrected chi connectivity index (χ4v) is 3.89. The van der Waals surface area contributed by atoms with Crippen molar-refractivity contribution in [3.05, 3.63) is 40.9 Å². The van der Waals surface area contributed by atoms with Crippen LogP contribution in [0.4, 0.5) is 5.13 Å². The molecule has 0 spiro atoms. The molecule has 1 amide bonds. The Morgan fingerprint density at radius 3 is 2.72 bits per heavy atom. The summed E-state index contributed by atoms with van der Waals surface area (Å²) in [6.45, 7) is 6.12. The number of aryl methyl sites for hydroxylation is 1. The summed E-state index contributed by atoms with van der Waals surface area (Å²) in [5.41, 5.74) is 2.98. The van der Waals surface area contributed by atoms with Gasteiger partial charge in [-0.2, -0.15) is 0 Å². The maximum atomic E-state index is 11.6. The highest BCUT2D eigenvalue weighted by Gasteiger charge is 2.14. The van der Waals surface area contributed by atoms with E-state index in [4.69, 9.17) is 4.42 Å². The first-order valence-corrected chi connectivity index (χ1v) is 9.69. The summed E-state index contributed by atoms with van der Waals surface area (Å²) in [5, 5.41) is 11.3. The SMILES string of the molecule is CCN(C(C)=O)c1nc(CSc2nnc(-c3ccc(C)cc3)o2)cs1. The Morgan fingerprint density at radius 1 is 1.28 bits per heavy atom. The molecule has 25 heavy (non-hydrogen) atoms. The lowest BCUT2D eigenvalue weighted by Crippen LogP contribution is -2.27. The number of hydrogen-bond donors (Lipinski definition) is 0. The van der Waals surface area contributed by atoms with Crippen molar-refractivity contribution in [2.24, 2.45) is 0 Å². The fourth-order valence-electron chi connectivity index (χ4n) is 2.20. The van der Waals surface area contributed by atoms with Crippen LogP contribution in [0.5, 0.6) is 0 Å². The molecule has 6 nitrogen and oxygen atoms in total. The van der Waals surface area contributed by atoms with E-state index in [0.717, 1.165) is 16.4 Å². The normalized spacial score (nSPS) is 10.8. The zero-order valence-electron chi connectivity index (χ0n) is 14.2. The van der Waals surface area contributed by atoms with E-state index in [1.807, 2.05) is 43.5 Å². The zero-order chi connectivity index (χ0) is 17.8. The molecule has 0 bridgehead atoms. The summed E-state index contributed by atoms with van der Waals surface area (Å²) in [6.07, 6.45) is 0. The number of carbonyl (C=O) groups excluding carboxylic acids is 1. The predicted molar refractivity (Wildman–Crippen MR) is 99.8 cm³/mol. The van der Waals surface area contributed by atoms with Crippen molar-refractivity contribution in [2.75, 3.05) is 11.4 Å². The topological polar surface area (TPSA) is 72.1 Å². The number of amides is 1. The molecule has 0 aliphatic carbocycles. The van der Waals surface area contributed by atoms with Crippen LogP contribution in [0.25, 0.3) is 11.5 Å². The largest absolute Gasteiger partial charge is 0.411 e. The van der Waals surface area contributed by atoms with E-state index in [2.05, 4.69) is 15.2 Å². The lowest BCUT2D eigenvalue weighted by molar-refractivity contribution is -0.116. The van der Waals surface area contributed by atoms with Crippen molar-refractivity contribution >= 4 is 34.1 Å². The molecule has 1 aromatic carbocycles. The molecule has 2 aromatic heterocycles. The molecule has 2 heterocycles. The molecule has 0 atom stereocenters. The van der Waals surface area contributed by atoms with Gasteiger partial charge >= 0.3 is 0 Å². The highest BCUT2D eigenvalue weighted by atomic mass is 32.2. The summed E-state index contributed by atoms with van der Waals surface area (Å²) in [5.74, 6) is 1.12. The van der Waals surface area contributed by atoms with Crippen LogP contribution in [0, 0.1) is 6.92 Å². The summed E-state index contributed by atoms with van der Waals surface area (Å²) < 4.78 is 5.70. The van der Waals surface area contributed by atoms with Crippen molar-refractivity contribution in [3.8, 4) is 11.5 Å². The lowest BCUT2D eigenvalue weighted by atomic mass is 10.1. The van der Waals surface area contributed by atoms with Crippen LogP contribution in [-0.4, -0.2) is 27.6 Å². The average Bonchev–Trinajstić information content (AvgIpc) is 3.23. The number of rotatable bonds is 6. The van der Waals surface area contributed by atoms with E-state index in [1.54, 1.807) is 11.8 Å². The van der Waals surface area contributed by atoms with Gasteiger partial charge in [-0.1, -0.05) is 29.5 Å². The molecule has 0 N–H and O–H groups in total. The van der Waals surface area contributed by atoms with E-state index < -0.39 is 0 Å². The monoisotopic (exact) mass is 374 g/mol. The number of aromatic nitrogens is 3. The second-order valence-corrected chi connectivity index (χ2v) is 7.18. The van der Waals surface area contributed by atoms with Crippen LogP contribution in [0.1, 0.15) is 25.1 Å². The van der Waals surface area contributed by atoms with Crippen LogP contribution in [0.2, 0.25) is 0 Å². The molecule has 0 radical (unpaired) electrons. The van der Waals surface area contributed by atoms with Crippen molar-refractivity contribution in [1.29, 1.82) is 0 Å². The van der Waals surface area contributed by atoms with E-state index in [9.17, 15) is 4.79 Å². The Balaban J connectivity index is 1.64. The van der Waals surface area contributed by atoms with Gasteiger partial charge in [0.15, 0.2) is 5.13 Å². The number of hydrogen-bond acceptors (Lipinski definition) is 7. The zero-order valence-corrected chi connectivity index (χ0v) is 15.9. The highest BCUT2D eigenvalue weighted by Crippen LogP contribution is 2.28. The highest BCUT2D eigenvalue weighted by molar-refractivity contribution is 7.98. The van der Waals surface area contributed by atoms with Gasteiger partial charge in [-0.3, -0.25) is 9.69 Å². The van der Waals surface area contributed by atoms with Crippen molar-refractivity contribution in [3.63, 3.8) is 0 Å². The molecule has 0 aliphatic rings. The van der Waals surface area contributed by atoms with Gasteiger partial charge in [0, 0.05) is 30.2 Å². The number of thioether (sulfide) groups is 1. The minimum atomic E-state index is -0.00399. The third kappa shape index (κ3) is 4.26. The van der Waals surface area contributed by atoms with Gasteiger partial charge in [0.1, 0.15) is 0 Å². The predicted octanol–water partition coefficient (Wildman–Crippen LogP) is 4.17. The van der Waals surface area contributed by atoms with Gasteiger partial charge in [-0.25, -0.2) is 4.98 Å². The molecule has 3 rings (SSSR count). The summed E-state index contributed by atoms with van der Waals surface area (Å²) in [6, 6.07) is 7.95. The van der Waals surface area contributed by atoms with Gasteiger partial charge < -0.3 is 4.42 Å². The van der Waals surface area contributed by atoms with Gasteiger partial charge in [0.05, 0.1) is 5.69 Å². The molecular formula is C17H18N4O2S2. The van der Waals surface area contributed by atoms with Gasteiger partial charge in [0.25, 0.3) is 5.22 Å². The number of anilines is 1. The Hall–Kier alpha value is -2.19. The molecule has 0 aliphatic heterocycles. The Kier molecular flexibility index (Phi) is 5.50. The molecule has 130 valence electrons. The molecular weight excluding hydrogens is 356 g/mol. The van der Waals surface area contributed by atoms with Gasteiger partial charge in [-0.15, -0.1) is 21.5 Å². The van der Waals surface area contributed by atoms with Crippen LogP contribution >= 0.6 is 23.1 Å². The van der Waals surface area contributed by atoms with E-state index in [-0.39, 0.29) is 5.91 Å². The first-order chi connectivity index (χ1) is 12.1. The summed E-state index contributed by atoms with van der Waals surface area (Å²) >= 11 is 2.90. The molecule has 0 saturated heterocycles. The van der Waals surface area contributed by atoms with Crippen LogP contribution in [0.15, 0.2) is 39.3 Å². The second-order valence-electron chi connectivity index (χ2n) is 5.41. The minimum absolute atomic E-state index is 0.00399. The van der Waals surface area contributed by atoms with Crippen molar-refractivity contribution in [1.82, 2.24) is 15.2 Å². The van der Waals surface area contributed by atoms with Crippen molar-refractivity contribution < 1.29 is 9.21 Å². The number of thiazole rings is 1. The summed E-state index contributed by atoms with van der Waals surface area (Å²) in [7, 11) is 0. The Labute approximate surface area is 154 Å². The maximum absolute atomic E-state index is 11.6. The number of nitrogens with zero attached hydrogens (tertiary/aromatic N) is 4. The van der Waals surface area contributed by atoms with E-state index in [0.29, 0.717) is 23.4 Å². The Morgan fingerprint density at radius 2 is 2.04 bits per heavy atom. The molecule has 0 saturated carbocycles. The quantitative estimate of drug-likeness (QED) is 0.603. The Bertz CT molecular complexity index is 858. The smallest absolute Gasteiger partial charge is 0.277 e. The average molecular weight is 374 g/mol. The number of carbonyl (C=O) groups is 1. The van der Waals surface area contributed by atoms with Crippen LogP contribution in [0.3, 0.4) is 0 Å². The summed E-state index contributed by atoms with van der Waals surface area (Å²) in [4.78, 5) is 17.7. The first-order valence-electron chi connectivity index (χ1n) is 7.82. The van der Waals surface area contributed by atoms with E-state index >= 15 is 0 Å². The van der Waals surface area contributed by atoms with E-state index in [1.165, 1.54) is 28.7 Å². The first kappa shape index (κ1) is 17.6. The van der Waals surface area contributed by atoms with Gasteiger partial charge in [0.2, 0.25) is 11.8 Å². The lowest BCUT2D eigenvalue weighted by Gasteiger charge is -2.14. The van der Waals surface area contributed by atoms with Gasteiger partial charge in [-0.05, 0) is 26.0 Å². The fraction of sp³-hybridized carbons (Fsp3) is 0.294. The standard InChI is InChI=1S/C17H18N4O2S2/c1-4-21(12(3)22)16-18-14(9-24-16)10-25-17-20-19-15(23-17)13-7-5-11(2)6-8-13/h5-9H,4,10H2,1-3H3. The number of benzene rings is 1. The van der Waals surface area contributed by atoms with Crippen molar-refractivity contribution in [2.45, 2.75) is 31.7 Å². The molecule has 0 unspecified atom stereocenters. The minimum Gasteiger partial charge on any atom is -0.411 e. The van der Waals surface area contributed by atoms with Crippen LogP contribution in [-0.2, 0) is 10.5 Å². The second kappa shape index (κ2) is 7.79. The third-order valence-electron chi connectivity index (χ3n) is 3.52. The van der Waals surface area contributed by atoms with Crippen LogP contribution < -0.4 is 4.90 Å². The maximum Gasteiger partial charge on any atom is 0.277 e.